The van der Waals surface area contributed by atoms with Crippen molar-refractivity contribution in [3.8, 4) is 0 Å². The third-order valence-corrected chi connectivity index (χ3v) is 2.21. The lowest BCUT2D eigenvalue weighted by molar-refractivity contribution is 0.102. The van der Waals surface area contributed by atoms with Crippen LogP contribution in [-0.2, 0) is 5.60 Å². The third kappa shape index (κ3) is 3.22. The maximum atomic E-state index is 10.1. The fraction of sp³-hybridized carbons (Fsp3) is 0.143. The molecule has 0 aliphatic rings. The Balaban J connectivity index is 0.000000921. The average Bonchev–Trinajstić information content (AvgIpc) is 2.31. The minimum atomic E-state index is -1.01. The molecule has 0 bridgehead atoms. The van der Waals surface area contributed by atoms with Crippen LogP contribution in [0.2, 0.25) is 0 Å². The van der Waals surface area contributed by atoms with Crippen LogP contribution in [-0.4, -0.2) is 5.11 Å². The largest absolute Gasteiger partial charge is 0.381 e. The molecule has 0 amide bonds. The zero-order chi connectivity index (χ0) is 11.9. The van der Waals surface area contributed by atoms with E-state index in [1.807, 2.05) is 30.3 Å². The first-order valence-corrected chi connectivity index (χ1v) is 4.68. The molecule has 1 heteroatoms. The van der Waals surface area contributed by atoms with Crippen molar-refractivity contribution in [1.29, 1.82) is 0 Å². The van der Waals surface area contributed by atoms with Crippen LogP contribution in [0.15, 0.2) is 68.3 Å². The van der Waals surface area contributed by atoms with Crippen LogP contribution in [0.4, 0.5) is 0 Å². The molecule has 1 unspecified atom stereocenters. The summed E-state index contributed by atoms with van der Waals surface area (Å²) in [6, 6.07) is 9.43. The highest BCUT2D eigenvalue weighted by Gasteiger charge is 2.24. The molecule has 1 rings (SSSR count). The summed E-state index contributed by atoms with van der Waals surface area (Å²) in [6.45, 7) is 15.1. The summed E-state index contributed by atoms with van der Waals surface area (Å²) < 4.78 is 0. The highest BCUT2D eigenvalue weighted by atomic mass is 16.3. The van der Waals surface area contributed by atoms with Crippen LogP contribution in [0.25, 0.3) is 0 Å². The summed E-state index contributed by atoms with van der Waals surface area (Å²) in [7, 11) is 0. The molecule has 80 valence electrons. The molecule has 1 aromatic carbocycles. The van der Waals surface area contributed by atoms with E-state index in [1.54, 1.807) is 13.0 Å². The molecule has 1 atom stereocenters. The predicted molar refractivity (Wildman–Crippen MR) is 66.6 cm³/mol. The molecule has 0 spiro atoms. The highest BCUT2D eigenvalue weighted by Crippen LogP contribution is 2.27. The van der Waals surface area contributed by atoms with Gasteiger partial charge in [0.25, 0.3) is 0 Å². The van der Waals surface area contributed by atoms with Gasteiger partial charge in [0.15, 0.2) is 0 Å². The maximum absolute atomic E-state index is 10.1. The standard InChI is InChI=1S/C12H14O.C2H4/c1-4-10(2)12(3,13)11-8-6-5-7-9-11;1-2/h4-9,13H,1-2H2,3H3;1-2H2. The first kappa shape index (κ1) is 13.4. The minimum absolute atomic E-state index is 0.610. The van der Waals surface area contributed by atoms with Crippen LogP contribution >= 0.6 is 0 Å². The van der Waals surface area contributed by atoms with E-state index >= 15 is 0 Å². The summed E-state index contributed by atoms with van der Waals surface area (Å²) in [5, 5.41) is 10.1. The second kappa shape index (κ2) is 5.99. The maximum Gasteiger partial charge on any atom is 0.111 e. The lowest BCUT2D eigenvalue weighted by atomic mass is 9.89. The molecule has 1 N–H and O–H groups in total. The van der Waals surface area contributed by atoms with Gasteiger partial charge in [-0.2, -0.15) is 0 Å². The van der Waals surface area contributed by atoms with E-state index in [9.17, 15) is 5.11 Å². The zero-order valence-electron chi connectivity index (χ0n) is 9.24. The van der Waals surface area contributed by atoms with Crippen molar-refractivity contribution in [3.63, 3.8) is 0 Å². The molecule has 0 aliphatic heterocycles. The molecule has 0 aromatic heterocycles. The Hall–Kier alpha value is -1.60. The first-order chi connectivity index (χ1) is 7.09. The molecular formula is C14H18O. The molecular weight excluding hydrogens is 184 g/mol. The second-order valence-corrected chi connectivity index (χ2v) is 3.17. The van der Waals surface area contributed by atoms with Gasteiger partial charge in [-0.15, -0.1) is 13.2 Å². The topological polar surface area (TPSA) is 20.2 Å². The van der Waals surface area contributed by atoms with Crippen molar-refractivity contribution in [2.75, 3.05) is 0 Å². The number of hydrogen-bond acceptors (Lipinski definition) is 1. The Morgan fingerprint density at radius 1 is 1.27 bits per heavy atom. The predicted octanol–water partition coefficient (Wildman–Crippen LogP) is 3.44. The highest BCUT2D eigenvalue weighted by molar-refractivity contribution is 5.34. The SMILES string of the molecule is C=C.C=CC(=C)C(C)(O)c1ccccc1. The van der Waals surface area contributed by atoms with Crippen LogP contribution < -0.4 is 0 Å². The molecule has 1 nitrogen and oxygen atoms in total. The molecule has 15 heavy (non-hydrogen) atoms. The fourth-order valence-electron chi connectivity index (χ4n) is 1.15. The van der Waals surface area contributed by atoms with Crippen LogP contribution in [0.3, 0.4) is 0 Å². The van der Waals surface area contributed by atoms with Gasteiger partial charge < -0.3 is 5.11 Å². The summed E-state index contributed by atoms with van der Waals surface area (Å²) in [4.78, 5) is 0. The summed E-state index contributed by atoms with van der Waals surface area (Å²) >= 11 is 0. The van der Waals surface area contributed by atoms with E-state index in [0.717, 1.165) is 5.56 Å². The van der Waals surface area contributed by atoms with Gasteiger partial charge in [-0.1, -0.05) is 49.6 Å². The molecule has 0 heterocycles. The second-order valence-electron chi connectivity index (χ2n) is 3.17. The summed E-state index contributed by atoms with van der Waals surface area (Å²) in [6.07, 6.45) is 1.58. The molecule has 0 aliphatic carbocycles. The van der Waals surface area contributed by atoms with Crippen LogP contribution in [0, 0.1) is 0 Å². The lowest BCUT2D eigenvalue weighted by Crippen LogP contribution is -2.22. The quantitative estimate of drug-likeness (QED) is 0.588. The monoisotopic (exact) mass is 202 g/mol. The Labute approximate surface area is 92.1 Å². The first-order valence-electron chi connectivity index (χ1n) is 4.68. The van der Waals surface area contributed by atoms with E-state index in [4.69, 9.17) is 0 Å². The Kier molecular flexibility index (Phi) is 5.35. The van der Waals surface area contributed by atoms with Gasteiger partial charge in [-0.3, -0.25) is 0 Å². The molecule has 0 fully saturated rings. The molecule has 0 radical (unpaired) electrons. The van der Waals surface area contributed by atoms with Crippen molar-refractivity contribution >= 4 is 0 Å². The van der Waals surface area contributed by atoms with E-state index in [0.29, 0.717) is 5.57 Å². The van der Waals surface area contributed by atoms with E-state index in [-0.39, 0.29) is 0 Å². The number of aliphatic hydroxyl groups is 1. The molecule has 1 aromatic rings. The van der Waals surface area contributed by atoms with Gasteiger partial charge in [0.2, 0.25) is 0 Å². The number of rotatable bonds is 3. The Bertz CT molecular complexity index is 322. The van der Waals surface area contributed by atoms with Crippen molar-refractivity contribution in [2.24, 2.45) is 0 Å². The van der Waals surface area contributed by atoms with E-state index in [1.165, 1.54) is 0 Å². The minimum Gasteiger partial charge on any atom is -0.381 e. The van der Waals surface area contributed by atoms with Crippen molar-refractivity contribution in [3.05, 3.63) is 73.9 Å². The van der Waals surface area contributed by atoms with Gasteiger partial charge in [-0.25, -0.2) is 0 Å². The van der Waals surface area contributed by atoms with E-state index < -0.39 is 5.60 Å². The van der Waals surface area contributed by atoms with Crippen LogP contribution in [0.1, 0.15) is 12.5 Å². The molecule has 0 saturated carbocycles. The normalized spacial score (nSPS) is 12.9. The van der Waals surface area contributed by atoms with Gasteiger partial charge in [0.1, 0.15) is 5.60 Å². The lowest BCUT2D eigenvalue weighted by Gasteiger charge is -2.24. The Morgan fingerprint density at radius 2 is 1.73 bits per heavy atom. The smallest absolute Gasteiger partial charge is 0.111 e. The average molecular weight is 202 g/mol. The van der Waals surface area contributed by atoms with Gasteiger partial charge in [-0.05, 0) is 18.1 Å². The van der Waals surface area contributed by atoms with Crippen molar-refractivity contribution in [1.82, 2.24) is 0 Å². The van der Waals surface area contributed by atoms with E-state index in [2.05, 4.69) is 26.3 Å². The fourth-order valence-corrected chi connectivity index (χ4v) is 1.15. The summed E-state index contributed by atoms with van der Waals surface area (Å²) in [5.74, 6) is 0. The zero-order valence-corrected chi connectivity index (χ0v) is 9.24. The van der Waals surface area contributed by atoms with Crippen molar-refractivity contribution in [2.45, 2.75) is 12.5 Å². The van der Waals surface area contributed by atoms with Gasteiger partial charge in [0, 0.05) is 0 Å². The van der Waals surface area contributed by atoms with Crippen molar-refractivity contribution < 1.29 is 5.11 Å². The third-order valence-electron chi connectivity index (χ3n) is 2.21. The Morgan fingerprint density at radius 3 is 2.13 bits per heavy atom. The summed E-state index contributed by atoms with van der Waals surface area (Å²) in [5.41, 5.74) is 0.432. The van der Waals surface area contributed by atoms with Gasteiger partial charge >= 0.3 is 0 Å². The number of benzene rings is 1. The van der Waals surface area contributed by atoms with Gasteiger partial charge in [0.05, 0.1) is 0 Å². The number of hydrogen-bond donors (Lipinski definition) is 1. The molecule has 0 saturated heterocycles. The van der Waals surface area contributed by atoms with Crippen LogP contribution in [0.5, 0.6) is 0 Å².